The quantitative estimate of drug-likeness (QED) is 0.202. The third-order valence-electron chi connectivity index (χ3n) is 5.18. The molecule has 178 valence electrons. The van der Waals surface area contributed by atoms with Gasteiger partial charge in [-0.1, -0.05) is 36.9 Å². The highest BCUT2D eigenvalue weighted by Gasteiger charge is 2.17. The Balaban J connectivity index is 1.52. The van der Waals surface area contributed by atoms with Gasteiger partial charge in [0.15, 0.2) is 11.0 Å². The molecule has 0 aliphatic rings. The van der Waals surface area contributed by atoms with E-state index in [1.54, 1.807) is 31.4 Å². The van der Waals surface area contributed by atoms with Gasteiger partial charge in [-0.25, -0.2) is 5.43 Å². The predicted octanol–water partition coefficient (Wildman–Crippen LogP) is 4.67. The zero-order valence-electron chi connectivity index (χ0n) is 19.4. The summed E-state index contributed by atoms with van der Waals surface area (Å²) in [6, 6.07) is 24.1. The highest BCUT2D eigenvalue weighted by molar-refractivity contribution is 7.99. The number of methoxy groups -OCH3 is 1. The van der Waals surface area contributed by atoms with E-state index in [-0.39, 0.29) is 17.4 Å². The molecule has 4 rings (SSSR count). The number of para-hydroxylation sites is 1. The zero-order chi connectivity index (χ0) is 24.6. The first-order valence-electron chi connectivity index (χ1n) is 11.0. The summed E-state index contributed by atoms with van der Waals surface area (Å²) < 4.78 is 7.19. The van der Waals surface area contributed by atoms with Crippen LogP contribution in [0.3, 0.4) is 0 Å². The number of aromatic nitrogens is 3. The van der Waals surface area contributed by atoms with Crippen molar-refractivity contribution in [2.24, 2.45) is 5.10 Å². The minimum absolute atomic E-state index is 0.115. The van der Waals surface area contributed by atoms with Crippen LogP contribution in [0.4, 0.5) is 0 Å². The maximum atomic E-state index is 12.6. The summed E-state index contributed by atoms with van der Waals surface area (Å²) in [5, 5.41) is 23.1. The van der Waals surface area contributed by atoms with Crippen LogP contribution in [0.15, 0.2) is 89.1 Å². The largest absolute Gasteiger partial charge is 0.508 e. The number of hydrogen-bond acceptors (Lipinski definition) is 7. The Morgan fingerprint density at radius 1 is 1.03 bits per heavy atom. The Morgan fingerprint density at radius 2 is 1.74 bits per heavy atom. The molecule has 0 radical (unpaired) electrons. The summed E-state index contributed by atoms with van der Waals surface area (Å²) in [7, 11) is 1.62. The van der Waals surface area contributed by atoms with E-state index in [4.69, 9.17) is 4.74 Å². The maximum Gasteiger partial charge on any atom is 0.250 e. The van der Waals surface area contributed by atoms with Gasteiger partial charge in [0.25, 0.3) is 5.91 Å². The second-order valence-electron chi connectivity index (χ2n) is 7.49. The smallest absolute Gasteiger partial charge is 0.250 e. The second kappa shape index (κ2) is 11.3. The molecule has 4 aromatic rings. The first-order valence-corrected chi connectivity index (χ1v) is 12.0. The maximum absolute atomic E-state index is 12.6. The summed E-state index contributed by atoms with van der Waals surface area (Å²) in [5.41, 5.74) is 5.95. The van der Waals surface area contributed by atoms with E-state index in [1.807, 2.05) is 66.1 Å². The number of nitrogens with one attached hydrogen (secondary N) is 1. The number of phenols is 1. The number of rotatable bonds is 9. The molecule has 1 heterocycles. The Kier molecular flexibility index (Phi) is 7.79. The van der Waals surface area contributed by atoms with Crippen molar-refractivity contribution in [3.8, 4) is 28.6 Å². The van der Waals surface area contributed by atoms with Crippen molar-refractivity contribution in [2.45, 2.75) is 18.5 Å². The lowest BCUT2D eigenvalue weighted by atomic mass is 10.1. The molecule has 0 atom stereocenters. The second-order valence-corrected chi connectivity index (χ2v) is 8.43. The van der Waals surface area contributed by atoms with Gasteiger partial charge in [-0.2, -0.15) is 5.10 Å². The van der Waals surface area contributed by atoms with Gasteiger partial charge in [0.1, 0.15) is 11.5 Å². The molecule has 2 N–H and O–H groups in total. The van der Waals surface area contributed by atoms with Crippen molar-refractivity contribution in [3.05, 3.63) is 84.4 Å². The molecule has 0 aliphatic carbocycles. The van der Waals surface area contributed by atoms with Crippen molar-refractivity contribution in [2.75, 3.05) is 12.9 Å². The summed E-state index contributed by atoms with van der Waals surface area (Å²) in [6.07, 6.45) is 0.631. The van der Waals surface area contributed by atoms with Crippen LogP contribution in [0.2, 0.25) is 0 Å². The van der Waals surface area contributed by atoms with Crippen LogP contribution in [0.25, 0.3) is 17.1 Å². The van der Waals surface area contributed by atoms with Crippen LogP contribution < -0.4 is 10.2 Å². The normalized spacial score (nSPS) is 11.3. The molecule has 9 heteroatoms. The molecule has 0 aliphatic heterocycles. The fourth-order valence-corrected chi connectivity index (χ4v) is 4.14. The van der Waals surface area contributed by atoms with Gasteiger partial charge in [0.05, 0.1) is 18.6 Å². The summed E-state index contributed by atoms with van der Waals surface area (Å²) >= 11 is 1.28. The van der Waals surface area contributed by atoms with Crippen LogP contribution in [-0.2, 0) is 4.79 Å². The Labute approximate surface area is 207 Å². The first kappa shape index (κ1) is 24.0. The molecule has 1 aromatic heterocycles. The molecule has 1 amide bonds. The van der Waals surface area contributed by atoms with Crippen LogP contribution in [-0.4, -0.2) is 44.4 Å². The fraction of sp³-hybridized carbons (Fsp3) is 0.154. The fourth-order valence-electron chi connectivity index (χ4n) is 3.39. The Morgan fingerprint density at radius 3 is 2.40 bits per heavy atom. The molecule has 35 heavy (non-hydrogen) atoms. The summed E-state index contributed by atoms with van der Waals surface area (Å²) in [5.74, 6) is 1.46. The first-order chi connectivity index (χ1) is 17.1. The van der Waals surface area contributed by atoms with Gasteiger partial charge in [-0.05, 0) is 72.6 Å². The number of amides is 1. The van der Waals surface area contributed by atoms with Crippen LogP contribution in [0.5, 0.6) is 11.5 Å². The van der Waals surface area contributed by atoms with E-state index < -0.39 is 0 Å². The monoisotopic (exact) mass is 487 g/mol. The van der Waals surface area contributed by atoms with Crippen molar-refractivity contribution >= 4 is 23.4 Å². The summed E-state index contributed by atoms with van der Waals surface area (Å²) in [4.78, 5) is 12.6. The van der Waals surface area contributed by atoms with E-state index in [1.165, 1.54) is 11.8 Å². The van der Waals surface area contributed by atoms with Gasteiger partial charge in [0, 0.05) is 11.3 Å². The number of ether oxygens (including phenoxy) is 1. The van der Waals surface area contributed by atoms with Gasteiger partial charge in [-0.15, -0.1) is 10.2 Å². The van der Waals surface area contributed by atoms with Crippen LogP contribution >= 0.6 is 11.8 Å². The third kappa shape index (κ3) is 5.88. The number of carbonyl (C=O) groups is 1. The average Bonchev–Trinajstić information content (AvgIpc) is 3.33. The van der Waals surface area contributed by atoms with E-state index in [9.17, 15) is 9.90 Å². The third-order valence-corrected chi connectivity index (χ3v) is 6.11. The van der Waals surface area contributed by atoms with E-state index in [0.29, 0.717) is 17.4 Å². The van der Waals surface area contributed by atoms with Crippen molar-refractivity contribution in [3.63, 3.8) is 0 Å². The van der Waals surface area contributed by atoms with Crippen LogP contribution in [0, 0.1) is 0 Å². The molecule has 0 saturated heterocycles. The van der Waals surface area contributed by atoms with Crippen molar-refractivity contribution in [1.29, 1.82) is 0 Å². The molecule has 0 bridgehead atoms. The number of aromatic hydroxyl groups is 1. The standard InChI is InChI=1S/C26H25N5O3S/c1-3-23(18-9-13-21(32)14-10-18)27-28-24(33)17-35-26-30-29-25(19-11-15-22(34-2)16-12-19)31(26)20-7-5-4-6-8-20/h4-16,32H,3,17H2,1-2H3,(H,28,33)/b27-23+. The van der Waals surface area contributed by atoms with E-state index in [2.05, 4.69) is 20.7 Å². The van der Waals surface area contributed by atoms with Gasteiger partial charge >= 0.3 is 0 Å². The predicted molar refractivity (Wildman–Crippen MR) is 137 cm³/mol. The van der Waals surface area contributed by atoms with Gasteiger partial charge in [-0.3, -0.25) is 9.36 Å². The molecule has 8 nitrogen and oxygen atoms in total. The average molecular weight is 488 g/mol. The molecular formula is C26H25N5O3S. The molecule has 0 spiro atoms. The highest BCUT2D eigenvalue weighted by Crippen LogP contribution is 2.29. The number of phenolic OH excluding ortho intramolecular Hbond substituents is 1. The summed E-state index contributed by atoms with van der Waals surface area (Å²) in [6.45, 7) is 1.95. The molecule has 0 saturated carbocycles. The highest BCUT2D eigenvalue weighted by atomic mass is 32.2. The lowest BCUT2D eigenvalue weighted by Crippen LogP contribution is -2.22. The van der Waals surface area contributed by atoms with Gasteiger partial charge < -0.3 is 9.84 Å². The zero-order valence-corrected chi connectivity index (χ0v) is 20.2. The molecule has 0 fully saturated rings. The minimum Gasteiger partial charge on any atom is -0.508 e. The minimum atomic E-state index is -0.256. The number of thioether (sulfide) groups is 1. The van der Waals surface area contributed by atoms with E-state index >= 15 is 0 Å². The molecule has 0 unspecified atom stereocenters. The lowest BCUT2D eigenvalue weighted by Gasteiger charge is -2.10. The van der Waals surface area contributed by atoms with E-state index in [0.717, 1.165) is 28.3 Å². The van der Waals surface area contributed by atoms with Crippen molar-refractivity contribution in [1.82, 2.24) is 20.2 Å². The Hall–Kier alpha value is -4.11. The SMILES string of the molecule is CC/C(=N\NC(=O)CSc1nnc(-c2ccc(OC)cc2)n1-c1ccccc1)c1ccc(O)cc1. The van der Waals surface area contributed by atoms with Gasteiger partial charge in [0.2, 0.25) is 0 Å². The van der Waals surface area contributed by atoms with Crippen molar-refractivity contribution < 1.29 is 14.6 Å². The number of benzene rings is 3. The lowest BCUT2D eigenvalue weighted by molar-refractivity contribution is -0.118. The molecule has 3 aromatic carbocycles. The number of carbonyl (C=O) groups excluding carboxylic acids is 1. The number of hydrazone groups is 1. The Bertz CT molecular complexity index is 1300. The number of hydrogen-bond donors (Lipinski definition) is 2. The molecular weight excluding hydrogens is 462 g/mol. The topological polar surface area (TPSA) is 102 Å². The van der Waals surface area contributed by atoms with Crippen LogP contribution in [0.1, 0.15) is 18.9 Å². The number of nitrogens with zero attached hydrogens (tertiary/aromatic N) is 4.